The minimum atomic E-state index is 0.518. The first-order valence-corrected chi connectivity index (χ1v) is 7.84. The van der Waals surface area contributed by atoms with E-state index in [9.17, 15) is 0 Å². The van der Waals surface area contributed by atoms with Gasteiger partial charge in [-0.15, -0.1) is 0 Å². The lowest BCUT2D eigenvalue weighted by molar-refractivity contribution is 0.401. The Morgan fingerprint density at radius 2 is 1.79 bits per heavy atom. The molecule has 4 rings (SSSR count). The Kier molecular flexibility index (Phi) is 3.90. The summed E-state index contributed by atoms with van der Waals surface area (Å²) in [6.45, 7) is 0.766. The number of benzene rings is 2. The third-order valence-electron chi connectivity index (χ3n) is 3.81. The molecule has 5 heteroatoms. The zero-order chi connectivity index (χ0) is 16.2. The van der Waals surface area contributed by atoms with Crippen LogP contribution in [-0.4, -0.2) is 19.7 Å². The van der Waals surface area contributed by atoms with Gasteiger partial charge in [0.1, 0.15) is 0 Å². The van der Waals surface area contributed by atoms with Crippen LogP contribution in [0.25, 0.3) is 23.2 Å². The number of aryl methyl sites for hydroxylation is 2. The van der Waals surface area contributed by atoms with E-state index in [1.807, 2.05) is 67.0 Å². The van der Waals surface area contributed by atoms with Crippen LogP contribution in [0.15, 0.2) is 65.4 Å². The van der Waals surface area contributed by atoms with Crippen LogP contribution in [0.2, 0.25) is 0 Å². The standard InChI is InChI=1S/C19H16N4O/c1-2-6-15(7-3-1)10-11-19-21-18(22-24-19)12-13-23-14-20-16-8-4-5-9-17(16)23/h1-11,14H,12-13H2. The van der Waals surface area contributed by atoms with Crippen LogP contribution >= 0.6 is 0 Å². The number of aromatic nitrogens is 4. The minimum absolute atomic E-state index is 0.518. The molecule has 2 aromatic carbocycles. The first-order valence-electron chi connectivity index (χ1n) is 7.84. The number of fused-ring (bicyclic) bond motifs is 1. The van der Waals surface area contributed by atoms with Crippen molar-refractivity contribution in [3.8, 4) is 0 Å². The number of rotatable bonds is 5. The van der Waals surface area contributed by atoms with E-state index in [0.29, 0.717) is 18.1 Å². The van der Waals surface area contributed by atoms with E-state index in [2.05, 4.69) is 25.8 Å². The molecule has 0 aliphatic carbocycles. The highest BCUT2D eigenvalue weighted by atomic mass is 16.5. The first kappa shape index (κ1) is 14.4. The van der Waals surface area contributed by atoms with Crippen molar-refractivity contribution in [3.05, 3.63) is 78.2 Å². The van der Waals surface area contributed by atoms with Gasteiger partial charge in [-0.2, -0.15) is 4.98 Å². The Morgan fingerprint density at radius 1 is 0.958 bits per heavy atom. The van der Waals surface area contributed by atoms with Gasteiger partial charge in [0.25, 0.3) is 5.89 Å². The average Bonchev–Trinajstić information content (AvgIpc) is 3.26. The van der Waals surface area contributed by atoms with E-state index >= 15 is 0 Å². The van der Waals surface area contributed by atoms with Crippen LogP contribution in [-0.2, 0) is 13.0 Å². The van der Waals surface area contributed by atoms with Gasteiger partial charge in [-0.3, -0.25) is 0 Å². The molecule has 0 saturated carbocycles. The van der Waals surface area contributed by atoms with Gasteiger partial charge in [-0.05, 0) is 23.8 Å². The van der Waals surface area contributed by atoms with E-state index in [-0.39, 0.29) is 0 Å². The molecule has 0 bridgehead atoms. The van der Waals surface area contributed by atoms with Gasteiger partial charge in [0.15, 0.2) is 5.82 Å². The highest BCUT2D eigenvalue weighted by Crippen LogP contribution is 2.13. The molecule has 118 valence electrons. The van der Waals surface area contributed by atoms with Crippen molar-refractivity contribution in [2.75, 3.05) is 0 Å². The topological polar surface area (TPSA) is 56.7 Å². The highest BCUT2D eigenvalue weighted by Gasteiger charge is 2.06. The lowest BCUT2D eigenvalue weighted by Crippen LogP contribution is -2.01. The maximum atomic E-state index is 5.27. The summed E-state index contributed by atoms with van der Waals surface area (Å²) in [5, 5.41) is 4.04. The second-order valence-electron chi connectivity index (χ2n) is 5.47. The third-order valence-corrected chi connectivity index (χ3v) is 3.81. The number of para-hydroxylation sites is 2. The molecule has 0 fully saturated rings. The average molecular weight is 316 g/mol. The van der Waals surface area contributed by atoms with Crippen LogP contribution in [0.5, 0.6) is 0 Å². The fourth-order valence-corrected chi connectivity index (χ4v) is 2.58. The molecule has 4 aromatic rings. The van der Waals surface area contributed by atoms with Crippen LogP contribution in [0, 0.1) is 0 Å². The third kappa shape index (κ3) is 3.10. The predicted octanol–water partition coefficient (Wildman–Crippen LogP) is 3.83. The molecular weight excluding hydrogens is 300 g/mol. The Labute approximate surface area is 139 Å². The summed E-state index contributed by atoms with van der Waals surface area (Å²) in [4.78, 5) is 8.79. The molecule has 0 saturated heterocycles. The monoisotopic (exact) mass is 316 g/mol. The van der Waals surface area contributed by atoms with Gasteiger partial charge >= 0.3 is 0 Å². The van der Waals surface area contributed by atoms with E-state index in [1.54, 1.807) is 0 Å². The fraction of sp³-hybridized carbons (Fsp3) is 0.105. The summed E-state index contributed by atoms with van der Waals surface area (Å²) in [6, 6.07) is 18.1. The predicted molar refractivity (Wildman–Crippen MR) is 93.1 cm³/mol. The summed E-state index contributed by atoms with van der Waals surface area (Å²) in [7, 11) is 0. The van der Waals surface area contributed by atoms with Crippen LogP contribution in [0.4, 0.5) is 0 Å². The maximum absolute atomic E-state index is 5.27. The maximum Gasteiger partial charge on any atom is 0.250 e. The lowest BCUT2D eigenvalue weighted by atomic mass is 10.2. The molecule has 0 amide bonds. The zero-order valence-corrected chi connectivity index (χ0v) is 13.0. The number of hydrogen-bond acceptors (Lipinski definition) is 4. The molecule has 2 heterocycles. The quantitative estimate of drug-likeness (QED) is 0.561. The van der Waals surface area contributed by atoms with Gasteiger partial charge in [-0.25, -0.2) is 4.98 Å². The fourth-order valence-electron chi connectivity index (χ4n) is 2.58. The molecule has 0 N–H and O–H groups in total. The summed E-state index contributed by atoms with van der Waals surface area (Å²) >= 11 is 0. The highest BCUT2D eigenvalue weighted by molar-refractivity contribution is 5.74. The van der Waals surface area contributed by atoms with Crippen LogP contribution in [0.3, 0.4) is 0 Å². The molecule has 5 nitrogen and oxygen atoms in total. The molecule has 24 heavy (non-hydrogen) atoms. The zero-order valence-electron chi connectivity index (χ0n) is 13.0. The van der Waals surface area contributed by atoms with Gasteiger partial charge in [-0.1, -0.05) is 47.6 Å². The number of imidazole rings is 1. The molecule has 0 aliphatic heterocycles. The van der Waals surface area contributed by atoms with Crippen LogP contribution in [0.1, 0.15) is 17.3 Å². The molecule has 0 unspecified atom stereocenters. The Bertz CT molecular complexity index is 969. The van der Waals surface area contributed by atoms with E-state index in [4.69, 9.17) is 4.52 Å². The van der Waals surface area contributed by atoms with E-state index < -0.39 is 0 Å². The van der Waals surface area contributed by atoms with E-state index in [1.165, 1.54) is 0 Å². The van der Waals surface area contributed by atoms with Gasteiger partial charge in [0.05, 0.1) is 17.4 Å². The van der Waals surface area contributed by atoms with E-state index in [0.717, 1.165) is 23.1 Å². The molecule has 2 aromatic heterocycles. The second kappa shape index (κ2) is 6.50. The second-order valence-corrected chi connectivity index (χ2v) is 5.47. The van der Waals surface area contributed by atoms with Gasteiger partial charge in [0.2, 0.25) is 0 Å². The van der Waals surface area contributed by atoms with Crippen molar-refractivity contribution < 1.29 is 4.52 Å². The SMILES string of the molecule is C(=Cc1nc(CCn2cnc3ccccc32)no1)c1ccccc1. The molecule has 0 atom stereocenters. The molecule has 0 spiro atoms. The van der Waals surface area contributed by atoms with Crippen molar-refractivity contribution in [1.82, 2.24) is 19.7 Å². The molecule has 0 aliphatic rings. The lowest BCUT2D eigenvalue weighted by Gasteiger charge is -2.00. The molecular formula is C19H16N4O. The Balaban J connectivity index is 1.43. The van der Waals surface area contributed by atoms with Crippen molar-refractivity contribution in [2.24, 2.45) is 0 Å². The van der Waals surface area contributed by atoms with Gasteiger partial charge in [0, 0.05) is 19.0 Å². The normalized spacial score (nSPS) is 11.5. The van der Waals surface area contributed by atoms with Crippen LogP contribution < -0.4 is 0 Å². The Morgan fingerprint density at radius 3 is 2.71 bits per heavy atom. The number of hydrogen-bond donors (Lipinski definition) is 0. The minimum Gasteiger partial charge on any atom is -0.335 e. The summed E-state index contributed by atoms with van der Waals surface area (Å²) < 4.78 is 7.37. The molecule has 0 radical (unpaired) electrons. The largest absolute Gasteiger partial charge is 0.335 e. The van der Waals surface area contributed by atoms with Crippen molar-refractivity contribution in [2.45, 2.75) is 13.0 Å². The van der Waals surface area contributed by atoms with Crippen molar-refractivity contribution in [1.29, 1.82) is 0 Å². The summed E-state index contributed by atoms with van der Waals surface area (Å²) in [6.07, 6.45) is 6.34. The summed E-state index contributed by atoms with van der Waals surface area (Å²) in [5.74, 6) is 1.21. The Hall–Kier alpha value is -3.21. The smallest absolute Gasteiger partial charge is 0.250 e. The first-order chi connectivity index (χ1) is 11.9. The summed E-state index contributed by atoms with van der Waals surface area (Å²) in [5.41, 5.74) is 3.21. The van der Waals surface area contributed by atoms with Crippen molar-refractivity contribution in [3.63, 3.8) is 0 Å². The van der Waals surface area contributed by atoms with Crippen molar-refractivity contribution >= 4 is 23.2 Å². The number of nitrogens with zero attached hydrogens (tertiary/aromatic N) is 4. The van der Waals surface area contributed by atoms with Gasteiger partial charge < -0.3 is 9.09 Å².